The molecule has 1 amide bonds. The lowest BCUT2D eigenvalue weighted by Crippen LogP contribution is -2.29. The third-order valence-corrected chi connectivity index (χ3v) is 4.49. The summed E-state index contributed by atoms with van der Waals surface area (Å²) in [4.78, 5) is 16.6. The number of nitrogens with one attached hydrogen (secondary N) is 2. The first kappa shape index (κ1) is 17.7. The summed E-state index contributed by atoms with van der Waals surface area (Å²) in [6, 6.07) is 1.80. The van der Waals surface area contributed by atoms with E-state index in [2.05, 4.69) is 38.9 Å². The molecule has 0 saturated carbocycles. The van der Waals surface area contributed by atoms with E-state index in [9.17, 15) is 4.79 Å². The van der Waals surface area contributed by atoms with Crippen molar-refractivity contribution in [3.63, 3.8) is 0 Å². The highest BCUT2D eigenvalue weighted by Crippen LogP contribution is 2.15. The van der Waals surface area contributed by atoms with Crippen molar-refractivity contribution in [2.75, 3.05) is 13.2 Å². The van der Waals surface area contributed by atoms with Crippen molar-refractivity contribution in [1.29, 1.82) is 0 Å². The van der Waals surface area contributed by atoms with E-state index in [4.69, 9.17) is 4.74 Å². The molecule has 2 aromatic heterocycles. The topological polar surface area (TPSA) is 84.8 Å². The Bertz CT molecular complexity index is 685. The lowest BCUT2D eigenvalue weighted by molar-refractivity contribution is 0.0117. The van der Waals surface area contributed by atoms with E-state index in [-0.39, 0.29) is 12.0 Å². The zero-order valence-corrected chi connectivity index (χ0v) is 15.0. The molecule has 2 N–H and O–H groups in total. The van der Waals surface area contributed by atoms with Gasteiger partial charge >= 0.3 is 0 Å². The zero-order valence-electron chi connectivity index (χ0n) is 15.0. The molecule has 3 heterocycles. The maximum Gasteiger partial charge on any atom is 0.271 e. The Kier molecular flexibility index (Phi) is 5.86. The first-order chi connectivity index (χ1) is 12.1. The lowest BCUT2D eigenvalue weighted by Gasteiger charge is -2.22. The number of amides is 1. The average molecular weight is 345 g/mol. The van der Waals surface area contributed by atoms with E-state index in [0.717, 1.165) is 37.4 Å². The normalized spacial score (nSPS) is 17.8. The molecule has 1 unspecified atom stereocenters. The van der Waals surface area contributed by atoms with Crippen LogP contribution in [0.4, 0.5) is 0 Å². The maximum absolute atomic E-state index is 12.2. The second-order valence-electron chi connectivity index (χ2n) is 6.88. The summed E-state index contributed by atoms with van der Waals surface area (Å²) in [5.74, 6) is 1.23. The third-order valence-electron chi connectivity index (χ3n) is 4.49. The Balaban J connectivity index is 1.50. The molecule has 1 atom stereocenters. The molecule has 3 rings (SSSR count). The molecule has 2 aromatic rings. The summed E-state index contributed by atoms with van der Waals surface area (Å²) in [6.07, 6.45) is 8.33. The third kappa shape index (κ3) is 4.69. The zero-order chi connectivity index (χ0) is 17.6. The van der Waals surface area contributed by atoms with Crippen LogP contribution in [-0.2, 0) is 11.3 Å². The van der Waals surface area contributed by atoms with Crippen LogP contribution in [0, 0.1) is 0 Å². The highest BCUT2D eigenvalue weighted by Gasteiger charge is 2.16. The molecule has 0 spiro atoms. The van der Waals surface area contributed by atoms with Crippen LogP contribution in [-0.4, -0.2) is 44.9 Å². The predicted octanol–water partition coefficient (Wildman–Crippen LogP) is 2.47. The molecular formula is C18H27N5O2. The highest BCUT2D eigenvalue weighted by molar-refractivity contribution is 5.92. The summed E-state index contributed by atoms with van der Waals surface area (Å²) in [6.45, 7) is 6.31. The van der Waals surface area contributed by atoms with Gasteiger partial charge in [-0.1, -0.05) is 13.8 Å². The van der Waals surface area contributed by atoms with E-state index in [0.29, 0.717) is 24.7 Å². The summed E-state index contributed by atoms with van der Waals surface area (Å²) in [5, 5.41) is 10.0. The number of nitrogens with zero attached hydrogens (tertiary/aromatic N) is 3. The number of hydrogen-bond donors (Lipinski definition) is 2. The number of imidazole rings is 1. The molecule has 7 nitrogen and oxygen atoms in total. The molecule has 1 saturated heterocycles. The van der Waals surface area contributed by atoms with Crippen LogP contribution in [0.15, 0.2) is 18.5 Å². The van der Waals surface area contributed by atoms with Crippen LogP contribution in [0.5, 0.6) is 0 Å². The summed E-state index contributed by atoms with van der Waals surface area (Å²) in [5.41, 5.74) is 1.31. The van der Waals surface area contributed by atoms with Gasteiger partial charge in [0.25, 0.3) is 5.91 Å². The number of aromatic amines is 1. The minimum absolute atomic E-state index is 0.145. The molecule has 25 heavy (non-hydrogen) atoms. The van der Waals surface area contributed by atoms with Crippen molar-refractivity contribution < 1.29 is 9.53 Å². The van der Waals surface area contributed by atoms with Crippen LogP contribution >= 0.6 is 0 Å². The van der Waals surface area contributed by atoms with Crippen molar-refractivity contribution in [3.8, 4) is 0 Å². The van der Waals surface area contributed by atoms with Gasteiger partial charge in [-0.2, -0.15) is 5.10 Å². The van der Waals surface area contributed by atoms with Crippen molar-refractivity contribution in [2.24, 2.45) is 0 Å². The fraction of sp³-hybridized carbons (Fsp3) is 0.611. The van der Waals surface area contributed by atoms with E-state index in [1.165, 1.54) is 6.42 Å². The van der Waals surface area contributed by atoms with Gasteiger partial charge in [-0.3, -0.25) is 9.89 Å². The van der Waals surface area contributed by atoms with Gasteiger partial charge in [-0.25, -0.2) is 4.98 Å². The van der Waals surface area contributed by atoms with E-state index >= 15 is 0 Å². The molecule has 136 valence electrons. The SMILES string of the molecule is CC(C)c1nccn1Cc1cc(C(=O)NCCC2CCCCO2)n[nH]1. The molecule has 0 radical (unpaired) electrons. The fourth-order valence-electron chi connectivity index (χ4n) is 3.17. The second kappa shape index (κ2) is 8.29. The summed E-state index contributed by atoms with van der Waals surface area (Å²) in [7, 11) is 0. The number of carbonyl (C=O) groups excluding carboxylic acids is 1. The van der Waals surface area contributed by atoms with Crippen LogP contribution < -0.4 is 5.32 Å². The van der Waals surface area contributed by atoms with Crippen molar-refractivity contribution in [2.45, 2.75) is 58.1 Å². The Hall–Kier alpha value is -2.15. The quantitative estimate of drug-likeness (QED) is 0.807. The van der Waals surface area contributed by atoms with Crippen LogP contribution in [0.3, 0.4) is 0 Å². The molecular weight excluding hydrogens is 318 g/mol. The average Bonchev–Trinajstić information content (AvgIpc) is 3.26. The van der Waals surface area contributed by atoms with Crippen LogP contribution in [0.25, 0.3) is 0 Å². The standard InChI is InChI=1S/C18H27N5O2/c1-13(2)17-19-8-9-23(17)12-14-11-16(22-21-14)18(24)20-7-6-15-5-3-4-10-25-15/h8-9,11,13,15H,3-7,10,12H2,1-2H3,(H,20,24)(H,21,22). The van der Waals surface area contributed by atoms with Gasteiger partial charge in [0.1, 0.15) is 11.5 Å². The van der Waals surface area contributed by atoms with Crippen molar-refractivity contribution >= 4 is 5.91 Å². The predicted molar refractivity (Wildman–Crippen MR) is 94.5 cm³/mol. The smallest absolute Gasteiger partial charge is 0.271 e. The van der Waals surface area contributed by atoms with Gasteiger partial charge in [-0.15, -0.1) is 0 Å². The molecule has 0 bridgehead atoms. The van der Waals surface area contributed by atoms with Gasteiger partial charge in [0.15, 0.2) is 0 Å². The fourth-order valence-corrected chi connectivity index (χ4v) is 3.17. The largest absolute Gasteiger partial charge is 0.378 e. The minimum Gasteiger partial charge on any atom is -0.378 e. The second-order valence-corrected chi connectivity index (χ2v) is 6.88. The number of rotatable bonds is 7. The highest BCUT2D eigenvalue weighted by atomic mass is 16.5. The number of hydrogen-bond acceptors (Lipinski definition) is 4. The monoisotopic (exact) mass is 345 g/mol. The molecule has 0 aliphatic carbocycles. The van der Waals surface area contributed by atoms with Crippen LogP contribution in [0.1, 0.15) is 67.5 Å². The van der Waals surface area contributed by atoms with Gasteiger partial charge in [-0.05, 0) is 31.7 Å². The summed E-state index contributed by atoms with van der Waals surface area (Å²) < 4.78 is 7.75. The number of ether oxygens (including phenoxy) is 1. The van der Waals surface area contributed by atoms with Gasteiger partial charge in [0.2, 0.25) is 0 Å². The lowest BCUT2D eigenvalue weighted by atomic mass is 10.1. The first-order valence-electron chi connectivity index (χ1n) is 9.08. The number of aromatic nitrogens is 4. The van der Waals surface area contributed by atoms with Gasteiger partial charge in [0.05, 0.1) is 18.3 Å². The van der Waals surface area contributed by atoms with Crippen molar-refractivity contribution in [3.05, 3.63) is 35.7 Å². The van der Waals surface area contributed by atoms with Gasteiger partial charge < -0.3 is 14.6 Å². The Morgan fingerprint density at radius 2 is 2.36 bits per heavy atom. The molecule has 1 fully saturated rings. The van der Waals surface area contributed by atoms with E-state index in [1.54, 1.807) is 12.3 Å². The van der Waals surface area contributed by atoms with E-state index in [1.807, 2.05) is 6.20 Å². The number of carbonyl (C=O) groups is 1. The molecule has 0 aromatic carbocycles. The van der Waals surface area contributed by atoms with E-state index < -0.39 is 0 Å². The van der Waals surface area contributed by atoms with Gasteiger partial charge in [0, 0.05) is 31.5 Å². The van der Waals surface area contributed by atoms with Crippen LogP contribution in [0.2, 0.25) is 0 Å². The Morgan fingerprint density at radius 3 is 3.12 bits per heavy atom. The molecule has 7 heteroatoms. The first-order valence-corrected chi connectivity index (χ1v) is 9.08. The molecule has 1 aliphatic heterocycles. The number of H-pyrrole nitrogens is 1. The van der Waals surface area contributed by atoms with Crippen molar-refractivity contribution in [1.82, 2.24) is 25.1 Å². The maximum atomic E-state index is 12.2. The Morgan fingerprint density at radius 1 is 1.48 bits per heavy atom. The minimum atomic E-state index is -0.145. The Labute approximate surface area is 148 Å². The molecule has 1 aliphatic rings. The summed E-state index contributed by atoms with van der Waals surface area (Å²) >= 11 is 0.